The summed E-state index contributed by atoms with van der Waals surface area (Å²) in [7, 11) is 1.85. The van der Waals surface area contributed by atoms with Gasteiger partial charge in [-0.15, -0.1) is 0 Å². The van der Waals surface area contributed by atoms with E-state index in [0.717, 1.165) is 36.9 Å². The molecule has 1 saturated heterocycles. The molecule has 2 rings (SSSR count). The molecule has 1 atom stereocenters. The fourth-order valence-electron chi connectivity index (χ4n) is 3.12. The van der Waals surface area contributed by atoms with E-state index in [-0.39, 0.29) is 18.5 Å². The SMILES string of the molecule is Cc1ccc(C(=O)N2CCCC(N(C)CC(=O)O)CC2)cc1C. The van der Waals surface area contributed by atoms with Gasteiger partial charge < -0.3 is 10.0 Å². The van der Waals surface area contributed by atoms with Crippen LogP contribution in [0.5, 0.6) is 0 Å². The fraction of sp³-hybridized carbons (Fsp3) is 0.556. The lowest BCUT2D eigenvalue weighted by molar-refractivity contribution is -0.138. The predicted molar refractivity (Wildman–Crippen MR) is 89.7 cm³/mol. The smallest absolute Gasteiger partial charge is 0.317 e. The van der Waals surface area contributed by atoms with Gasteiger partial charge in [0, 0.05) is 24.7 Å². The number of carboxylic acid groups (broad SMARTS) is 1. The number of likely N-dealkylation sites (N-methyl/N-ethyl adjacent to an activating group) is 1. The minimum atomic E-state index is -0.806. The number of benzene rings is 1. The molecule has 1 fully saturated rings. The lowest BCUT2D eigenvalue weighted by Crippen LogP contribution is -2.37. The average Bonchev–Trinajstić information content (AvgIpc) is 2.74. The molecule has 0 radical (unpaired) electrons. The molecule has 1 aromatic carbocycles. The number of rotatable bonds is 4. The Bertz CT molecular complexity index is 586. The first-order valence-electron chi connectivity index (χ1n) is 8.17. The molecule has 1 aliphatic rings. The minimum Gasteiger partial charge on any atom is -0.480 e. The molecule has 0 bridgehead atoms. The van der Waals surface area contributed by atoms with E-state index in [0.29, 0.717) is 6.54 Å². The molecule has 5 nitrogen and oxygen atoms in total. The van der Waals surface area contributed by atoms with E-state index in [4.69, 9.17) is 5.11 Å². The highest BCUT2D eigenvalue weighted by Gasteiger charge is 2.24. The Morgan fingerprint density at radius 2 is 1.96 bits per heavy atom. The van der Waals surface area contributed by atoms with E-state index in [1.54, 1.807) is 0 Å². The first-order valence-corrected chi connectivity index (χ1v) is 8.17. The van der Waals surface area contributed by atoms with Crippen molar-refractivity contribution in [1.29, 1.82) is 0 Å². The van der Waals surface area contributed by atoms with Crippen LogP contribution in [0.15, 0.2) is 18.2 Å². The van der Waals surface area contributed by atoms with Crippen LogP contribution in [-0.2, 0) is 4.79 Å². The van der Waals surface area contributed by atoms with Crippen molar-refractivity contribution in [3.63, 3.8) is 0 Å². The maximum absolute atomic E-state index is 12.7. The summed E-state index contributed by atoms with van der Waals surface area (Å²) in [5, 5.41) is 8.92. The second-order valence-electron chi connectivity index (χ2n) is 6.48. The minimum absolute atomic E-state index is 0.0514. The lowest BCUT2D eigenvalue weighted by atomic mass is 10.1. The van der Waals surface area contributed by atoms with Gasteiger partial charge >= 0.3 is 5.97 Å². The number of nitrogens with zero attached hydrogens (tertiary/aromatic N) is 2. The standard InChI is InChI=1S/C18H26N2O3/c1-13-6-7-15(11-14(13)2)18(23)20-9-4-5-16(8-10-20)19(3)12-17(21)22/h6-7,11,16H,4-5,8-10,12H2,1-3H3,(H,21,22). The number of aliphatic carboxylic acids is 1. The van der Waals surface area contributed by atoms with Crippen LogP contribution in [0.25, 0.3) is 0 Å². The summed E-state index contributed by atoms with van der Waals surface area (Å²) < 4.78 is 0. The fourth-order valence-corrected chi connectivity index (χ4v) is 3.12. The highest BCUT2D eigenvalue weighted by Crippen LogP contribution is 2.18. The molecular weight excluding hydrogens is 292 g/mol. The Hall–Kier alpha value is -1.88. The van der Waals surface area contributed by atoms with Crippen LogP contribution < -0.4 is 0 Å². The van der Waals surface area contributed by atoms with Crippen LogP contribution in [0.1, 0.15) is 40.7 Å². The second-order valence-corrected chi connectivity index (χ2v) is 6.48. The summed E-state index contributed by atoms with van der Waals surface area (Å²) in [4.78, 5) is 27.3. The number of carbonyl (C=O) groups excluding carboxylic acids is 1. The Morgan fingerprint density at radius 1 is 1.22 bits per heavy atom. The average molecular weight is 318 g/mol. The van der Waals surface area contributed by atoms with Crippen molar-refractivity contribution in [3.05, 3.63) is 34.9 Å². The van der Waals surface area contributed by atoms with Gasteiger partial charge in [0.1, 0.15) is 0 Å². The van der Waals surface area contributed by atoms with Gasteiger partial charge in [0.2, 0.25) is 0 Å². The molecule has 0 saturated carbocycles. The van der Waals surface area contributed by atoms with Crippen LogP contribution in [0.3, 0.4) is 0 Å². The van der Waals surface area contributed by atoms with Crippen molar-refractivity contribution in [2.45, 2.75) is 39.2 Å². The van der Waals surface area contributed by atoms with Gasteiger partial charge in [0.05, 0.1) is 6.54 Å². The topological polar surface area (TPSA) is 60.9 Å². The summed E-state index contributed by atoms with van der Waals surface area (Å²) in [5.74, 6) is -0.727. The Balaban J connectivity index is 2.00. The van der Waals surface area contributed by atoms with E-state index < -0.39 is 5.97 Å². The summed E-state index contributed by atoms with van der Waals surface area (Å²) in [6.45, 7) is 5.53. The van der Waals surface area contributed by atoms with Gasteiger partial charge in [-0.05, 0) is 63.4 Å². The molecule has 1 unspecified atom stereocenters. The molecule has 1 aromatic rings. The number of aryl methyl sites for hydroxylation is 2. The molecule has 0 aromatic heterocycles. The number of carbonyl (C=O) groups is 2. The van der Waals surface area contributed by atoms with Crippen LogP contribution >= 0.6 is 0 Å². The van der Waals surface area contributed by atoms with Crippen LogP contribution in [0.2, 0.25) is 0 Å². The molecule has 1 aliphatic heterocycles. The first kappa shape index (κ1) is 17.5. The van der Waals surface area contributed by atoms with Crippen molar-refractivity contribution >= 4 is 11.9 Å². The molecule has 1 heterocycles. The number of hydrogen-bond acceptors (Lipinski definition) is 3. The first-order chi connectivity index (χ1) is 10.9. The zero-order valence-electron chi connectivity index (χ0n) is 14.2. The Morgan fingerprint density at radius 3 is 2.61 bits per heavy atom. The van der Waals surface area contributed by atoms with Crippen LogP contribution in [0.4, 0.5) is 0 Å². The molecule has 5 heteroatoms. The lowest BCUT2D eigenvalue weighted by Gasteiger charge is -2.25. The largest absolute Gasteiger partial charge is 0.480 e. The zero-order chi connectivity index (χ0) is 17.0. The molecule has 1 amide bonds. The predicted octanol–water partition coefficient (Wildman–Crippen LogP) is 2.31. The van der Waals surface area contributed by atoms with Crippen LogP contribution in [-0.4, -0.2) is 59.5 Å². The van der Waals surface area contributed by atoms with E-state index in [1.807, 2.05) is 48.9 Å². The third kappa shape index (κ3) is 4.55. The van der Waals surface area contributed by atoms with Gasteiger partial charge in [-0.1, -0.05) is 6.07 Å². The highest BCUT2D eigenvalue weighted by molar-refractivity contribution is 5.94. The van der Waals surface area contributed by atoms with E-state index in [9.17, 15) is 9.59 Å². The van der Waals surface area contributed by atoms with Crippen molar-refractivity contribution < 1.29 is 14.7 Å². The summed E-state index contributed by atoms with van der Waals surface area (Å²) in [6.07, 6.45) is 2.66. The van der Waals surface area contributed by atoms with Gasteiger partial charge in [-0.25, -0.2) is 0 Å². The second kappa shape index (κ2) is 7.59. The normalized spacial score (nSPS) is 18.8. The Kier molecular flexibility index (Phi) is 5.77. The van der Waals surface area contributed by atoms with Gasteiger partial charge in [0.25, 0.3) is 5.91 Å². The van der Waals surface area contributed by atoms with Crippen molar-refractivity contribution in [2.75, 3.05) is 26.7 Å². The monoisotopic (exact) mass is 318 g/mol. The van der Waals surface area contributed by atoms with Crippen molar-refractivity contribution in [1.82, 2.24) is 9.80 Å². The molecule has 126 valence electrons. The third-order valence-electron chi connectivity index (χ3n) is 4.75. The van der Waals surface area contributed by atoms with Crippen molar-refractivity contribution in [3.8, 4) is 0 Å². The zero-order valence-corrected chi connectivity index (χ0v) is 14.2. The summed E-state index contributed by atoms with van der Waals surface area (Å²) in [6, 6.07) is 6.06. The van der Waals surface area contributed by atoms with Gasteiger partial charge in [-0.2, -0.15) is 0 Å². The quantitative estimate of drug-likeness (QED) is 0.925. The highest BCUT2D eigenvalue weighted by atomic mass is 16.4. The number of hydrogen-bond donors (Lipinski definition) is 1. The third-order valence-corrected chi connectivity index (χ3v) is 4.75. The molecule has 1 N–H and O–H groups in total. The maximum Gasteiger partial charge on any atom is 0.317 e. The van der Waals surface area contributed by atoms with Gasteiger partial charge in [-0.3, -0.25) is 14.5 Å². The van der Waals surface area contributed by atoms with E-state index in [2.05, 4.69) is 0 Å². The van der Waals surface area contributed by atoms with E-state index in [1.165, 1.54) is 5.56 Å². The number of carboxylic acids is 1. The number of amides is 1. The Labute approximate surface area is 137 Å². The van der Waals surface area contributed by atoms with Crippen molar-refractivity contribution in [2.24, 2.45) is 0 Å². The molecule has 23 heavy (non-hydrogen) atoms. The maximum atomic E-state index is 12.7. The summed E-state index contributed by atoms with van der Waals surface area (Å²) in [5.41, 5.74) is 3.06. The number of likely N-dealkylation sites (tertiary alicyclic amines) is 1. The molecule has 0 aliphatic carbocycles. The molecule has 0 spiro atoms. The van der Waals surface area contributed by atoms with Crippen LogP contribution in [0, 0.1) is 13.8 Å². The van der Waals surface area contributed by atoms with Gasteiger partial charge in [0.15, 0.2) is 0 Å². The molecular formula is C18H26N2O3. The summed E-state index contributed by atoms with van der Waals surface area (Å²) >= 11 is 0. The van der Waals surface area contributed by atoms with E-state index >= 15 is 0 Å².